The number of ether oxygens (including phenoxy) is 4. The summed E-state index contributed by atoms with van der Waals surface area (Å²) >= 11 is 0. The molecule has 13 heteroatoms. The Labute approximate surface area is 262 Å². The number of esters is 1. The van der Waals surface area contributed by atoms with Crippen LogP contribution >= 0.6 is 0 Å². The molecule has 2 heterocycles. The zero-order chi connectivity index (χ0) is 33.7. The van der Waals surface area contributed by atoms with Gasteiger partial charge in [-0.2, -0.15) is 0 Å². The van der Waals surface area contributed by atoms with Gasteiger partial charge in [0.2, 0.25) is 6.29 Å². The van der Waals surface area contributed by atoms with E-state index in [-0.39, 0.29) is 5.57 Å². The number of allylic oxidation sites excluding steroid dienone is 13. The maximum absolute atomic E-state index is 12.6. The summed E-state index contributed by atoms with van der Waals surface area (Å²) in [4.78, 5) is 23.2. The van der Waals surface area contributed by atoms with E-state index in [1.54, 1.807) is 31.2 Å². The van der Waals surface area contributed by atoms with Gasteiger partial charge in [0.05, 0.1) is 13.2 Å². The minimum absolute atomic E-state index is 0.143. The summed E-state index contributed by atoms with van der Waals surface area (Å²) in [6.07, 6.45) is 2.39. The molecule has 13 nitrogen and oxygen atoms in total. The molecular formula is C32H44O13. The number of hydrogen-bond acceptors (Lipinski definition) is 13. The molecule has 0 aromatic rings. The fourth-order valence-corrected chi connectivity index (χ4v) is 4.07. The van der Waals surface area contributed by atoms with Crippen molar-refractivity contribution in [3.05, 3.63) is 83.1 Å². The molecule has 2 saturated heterocycles. The van der Waals surface area contributed by atoms with Gasteiger partial charge < -0.3 is 54.7 Å². The van der Waals surface area contributed by atoms with Gasteiger partial charge in [-0.3, -0.25) is 4.79 Å². The second-order valence-electron chi connectivity index (χ2n) is 10.8. The first-order valence-electron chi connectivity index (χ1n) is 14.3. The zero-order valence-electron chi connectivity index (χ0n) is 25.6. The molecule has 10 unspecified atom stereocenters. The Balaban J connectivity index is 1.95. The Morgan fingerprint density at radius 3 is 1.69 bits per heavy atom. The van der Waals surface area contributed by atoms with Crippen molar-refractivity contribution < 1.29 is 64.3 Å². The Kier molecular flexibility index (Phi) is 15.9. The molecule has 7 N–H and O–H groups in total. The molecule has 2 fully saturated rings. The lowest BCUT2D eigenvalue weighted by Crippen LogP contribution is -2.61. The normalized spacial score (nSPS) is 34.2. The molecule has 2 aliphatic heterocycles. The van der Waals surface area contributed by atoms with Crippen LogP contribution in [0.25, 0.3) is 0 Å². The van der Waals surface area contributed by atoms with E-state index in [9.17, 15) is 45.3 Å². The van der Waals surface area contributed by atoms with Crippen molar-refractivity contribution in [2.24, 2.45) is 0 Å². The molecule has 0 spiro atoms. The van der Waals surface area contributed by atoms with Gasteiger partial charge in [0.1, 0.15) is 55.1 Å². The number of carbonyl (C=O) groups excluding carboxylic acids is 2. The van der Waals surface area contributed by atoms with Crippen LogP contribution in [0.4, 0.5) is 0 Å². The highest BCUT2D eigenvalue weighted by molar-refractivity contribution is 5.88. The summed E-state index contributed by atoms with van der Waals surface area (Å²) in [7, 11) is 0. The fraction of sp³-hybridized carbons (Fsp3) is 0.500. The number of aliphatic hydroxyl groups excluding tert-OH is 7. The lowest BCUT2D eigenvalue weighted by Gasteiger charge is -2.42. The van der Waals surface area contributed by atoms with Gasteiger partial charge in [0, 0.05) is 5.57 Å². The molecule has 2 rings (SSSR count). The number of rotatable bonds is 13. The van der Waals surface area contributed by atoms with Crippen LogP contribution < -0.4 is 0 Å². The van der Waals surface area contributed by atoms with Gasteiger partial charge in [0.15, 0.2) is 6.29 Å². The summed E-state index contributed by atoms with van der Waals surface area (Å²) in [6, 6.07) is 0. The second kappa shape index (κ2) is 18.8. The van der Waals surface area contributed by atoms with Crippen LogP contribution in [-0.2, 0) is 28.5 Å². The monoisotopic (exact) mass is 636 g/mol. The highest BCUT2D eigenvalue weighted by atomic mass is 16.7. The summed E-state index contributed by atoms with van der Waals surface area (Å²) in [5.74, 6) is -0.866. The largest absolute Gasteiger partial charge is 0.429 e. The smallest absolute Gasteiger partial charge is 0.336 e. The molecule has 2 aliphatic rings. The molecule has 250 valence electrons. The van der Waals surface area contributed by atoms with Crippen LogP contribution in [0.15, 0.2) is 83.1 Å². The van der Waals surface area contributed by atoms with Crippen molar-refractivity contribution in [2.75, 3.05) is 13.2 Å². The Morgan fingerprint density at radius 1 is 0.644 bits per heavy atom. The predicted molar refractivity (Wildman–Crippen MR) is 161 cm³/mol. The van der Waals surface area contributed by atoms with Crippen molar-refractivity contribution in [1.29, 1.82) is 0 Å². The van der Waals surface area contributed by atoms with E-state index in [1.807, 2.05) is 44.2 Å². The van der Waals surface area contributed by atoms with Crippen molar-refractivity contribution in [2.45, 2.75) is 89.1 Å². The molecule has 0 aromatic carbocycles. The zero-order valence-corrected chi connectivity index (χ0v) is 25.6. The minimum atomic E-state index is -1.79. The van der Waals surface area contributed by atoms with Crippen LogP contribution in [-0.4, -0.2) is 123 Å². The topological polar surface area (TPSA) is 213 Å². The molecule has 0 saturated carbocycles. The van der Waals surface area contributed by atoms with E-state index in [2.05, 4.69) is 0 Å². The van der Waals surface area contributed by atoms with Crippen LogP contribution in [0, 0.1) is 0 Å². The number of aldehydes is 1. The maximum Gasteiger partial charge on any atom is 0.336 e. The molecule has 0 aromatic heterocycles. The average molecular weight is 637 g/mol. The van der Waals surface area contributed by atoms with Crippen molar-refractivity contribution in [3.8, 4) is 0 Å². The van der Waals surface area contributed by atoms with Crippen molar-refractivity contribution in [1.82, 2.24) is 0 Å². The highest BCUT2D eigenvalue weighted by Crippen LogP contribution is 2.26. The first kappa shape index (κ1) is 38.1. The van der Waals surface area contributed by atoms with E-state index in [0.717, 1.165) is 17.4 Å². The quantitative estimate of drug-likeness (QED) is 0.0605. The van der Waals surface area contributed by atoms with Gasteiger partial charge >= 0.3 is 5.97 Å². The predicted octanol–water partition coefficient (Wildman–Crippen LogP) is -0.194. The van der Waals surface area contributed by atoms with Gasteiger partial charge in [0.25, 0.3) is 0 Å². The molecule has 0 amide bonds. The van der Waals surface area contributed by atoms with Gasteiger partial charge in [-0.1, -0.05) is 71.9 Å². The Morgan fingerprint density at radius 2 is 1.13 bits per heavy atom. The summed E-state index contributed by atoms with van der Waals surface area (Å²) < 4.78 is 21.3. The number of carbonyl (C=O) groups is 2. The SMILES string of the molecule is C\C(C=O)=C/C=C/C(C)=C/C=C/C=C(C)/C=C/C=C(\C)C(=O)OC1OC(COC2OC(CO)C(O)C(O)C2O)C(O)C(O)C1O. The lowest BCUT2D eigenvalue weighted by atomic mass is 9.98. The number of aliphatic hydroxyl groups is 7. The van der Waals surface area contributed by atoms with Gasteiger partial charge in [-0.05, 0) is 33.3 Å². The molecule has 0 bridgehead atoms. The van der Waals surface area contributed by atoms with E-state index >= 15 is 0 Å². The van der Waals surface area contributed by atoms with E-state index in [1.165, 1.54) is 13.0 Å². The van der Waals surface area contributed by atoms with Crippen LogP contribution in [0.5, 0.6) is 0 Å². The van der Waals surface area contributed by atoms with Gasteiger partial charge in [-0.15, -0.1) is 0 Å². The second-order valence-corrected chi connectivity index (χ2v) is 10.8. The van der Waals surface area contributed by atoms with E-state index in [4.69, 9.17) is 18.9 Å². The molecule has 0 radical (unpaired) electrons. The van der Waals surface area contributed by atoms with Crippen LogP contribution in [0.3, 0.4) is 0 Å². The van der Waals surface area contributed by atoms with Crippen molar-refractivity contribution in [3.63, 3.8) is 0 Å². The summed E-state index contributed by atoms with van der Waals surface area (Å²) in [5.41, 5.74) is 2.63. The molecule has 10 atom stereocenters. The molecule has 0 aliphatic carbocycles. The summed E-state index contributed by atoms with van der Waals surface area (Å²) in [5, 5.41) is 70.2. The third-order valence-corrected chi connectivity index (χ3v) is 6.93. The third kappa shape index (κ3) is 11.7. The minimum Gasteiger partial charge on any atom is -0.429 e. The third-order valence-electron chi connectivity index (χ3n) is 6.93. The fourth-order valence-electron chi connectivity index (χ4n) is 4.07. The Hall–Kier alpha value is -3.08. The van der Waals surface area contributed by atoms with Crippen molar-refractivity contribution >= 4 is 12.3 Å². The molecular weight excluding hydrogens is 592 g/mol. The average Bonchev–Trinajstić information content (AvgIpc) is 3.02. The van der Waals surface area contributed by atoms with E-state index < -0.39 is 80.6 Å². The number of hydrogen-bond donors (Lipinski definition) is 7. The molecule has 45 heavy (non-hydrogen) atoms. The van der Waals surface area contributed by atoms with E-state index in [0.29, 0.717) is 5.57 Å². The first-order chi connectivity index (χ1) is 21.3. The highest BCUT2D eigenvalue weighted by Gasteiger charge is 2.48. The first-order valence-corrected chi connectivity index (χ1v) is 14.3. The maximum atomic E-state index is 12.6. The lowest BCUT2D eigenvalue weighted by molar-refractivity contribution is -0.326. The van der Waals surface area contributed by atoms with Crippen LogP contribution in [0.1, 0.15) is 27.7 Å². The van der Waals surface area contributed by atoms with Crippen LogP contribution in [0.2, 0.25) is 0 Å². The standard InChI is InChI=1S/C32H44O13/c1-18(11-7-13-20(3)15-33)9-5-6-10-19(2)12-8-14-21(4)30(41)45-32-29(40)27(38)25(36)23(44-32)17-42-31-28(39)26(37)24(35)22(16-34)43-31/h5-15,22-29,31-32,34-40H,16-17H2,1-4H3/b6-5+,11-7+,12-8+,18-9+,19-10+,20-13+,21-14+. The Bertz CT molecular complexity index is 1200. The van der Waals surface area contributed by atoms with Gasteiger partial charge in [-0.25, -0.2) is 4.79 Å². The summed E-state index contributed by atoms with van der Waals surface area (Å²) in [6.45, 7) is 5.74.